The number of pyridine rings is 1. The predicted octanol–water partition coefficient (Wildman–Crippen LogP) is 4.14. The van der Waals surface area contributed by atoms with Crippen LogP contribution in [0.5, 0.6) is 0 Å². The predicted molar refractivity (Wildman–Crippen MR) is 111 cm³/mol. The summed E-state index contributed by atoms with van der Waals surface area (Å²) in [6.07, 6.45) is 4.22. The van der Waals surface area contributed by atoms with Gasteiger partial charge in [-0.15, -0.1) is 0 Å². The number of nitrogens with one attached hydrogen (secondary N) is 1. The molecule has 3 aromatic rings. The van der Waals surface area contributed by atoms with E-state index in [2.05, 4.69) is 20.3 Å². The second kappa shape index (κ2) is 8.02. The van der Waals surface area contributed by atoms with E-state index in [-0.39, 0.29) is 5.91 Å². The van der Waals surface area contributed by atoms with E-state index in [4.69, 9.17) is 11.6 Å². The Morgan fingerprint density at radius 1 is 1.14 bits per heavy atom. The molecule has 6 nitrogen and oxygen atoms in total. The van der Waals surface area contributed by atoms with Crippen molar-refractivity contribution >= 4 is 29.0 Å². The topological polar surface area (TPSA) is 63.1 Å². The summed E-state index contributed by atoms with van der Waals surface area (Å²) in [5, 5.41) is 7.59. The molecule has 0 atom stereocenters. The van der Waals surface area contributed by atoms with Gasteiger partial charge in [0.1, 0.15) is 11.0 Å². The van der Waals surface area contributed by atoms with Crippen LogP contribution < -0.4 is 10.2 Å². The second-order valence-electron chi connectivity index (χ2n) is 6.94. The first kappa shape index (κ1) is 18.5. The summed E-state index contributed by atoms with van der Waals surface area (Å²) in [4.78, 5) is 19.4. The Labute approximate surface area is 169 Å². The minimum atomic E-state index is -0.303. The summed E-state index contributed by atoms with van der Waals surface area (Å²) in [5.74, 6) is 0.197. The summed E-state index contributed by atoms with van der Waals surface area (Å²) in [6, 6.07) is 13.7. The number of carbonyl (C=O) groups is 1. The summed E-state index contributed by atoms with van der Waals surface area (Å²) < 4.78 is 1.64. The third kappa shape index (κ3) is 3.87. The molecule has 144 valence electrons. The number of nitrogens with zero attached hydrogens (tertiary/aromatic N) is 4. The van der Waals surface area contributed by atoms with E-state index in [1.165, 1.54) is 12.8 Å². The fraction of sp³-hybridized carbons (Fsp3) is 0.286. The van der Waals surface area contributed by atoms with Gasteiger partial charge in [0.25, 0.3) is 5.91 Å². The first-order valence-corrected chi connectivity index (χ1v) is 9.79. The zero-order chi connectivity index (χ0) is 19.5. The Kier molecular flexibility index (Phi) is 5.30. The highest BCUT2D eigenvalue weighted by molar-refractivity contribution is 6.33. The molecule has 2 aromatic heterocycles. The molecule has 28 heavy (non-hydrogen) atoms. The zero-order valence-electron chi connectivity index (χ0n) is 15.7. The Hall–Kier alpha value is -2.86. The van der Waals surface area contributed by atoms with Crippen molar-refractivity contribution in [2.24, 2.45) is 0 Å². The molecule has 0 aliphatic carbocycles. The Balaban J connectivity index is 1.48. The van der Waals surface area contributed by atoms with E-state index in [9.17, 15) is 4.79 Å². The number of hydrogen-bond donors (Lipinski definition) is 1. The van der Waals surface area contributed by atoms with Gasteiger partial charge in [-0.25, -0.2) is 9.67 Å². The second-order valence-corrected chi connectivity index (χ2v) is 7.30. The Bertz CT molecular complexity index is 962. The maximum atomic E-state index is 12.8. The highest BCUT2D eigenvalue weighted by Crippen LogP contribution is 2.23. The Morgan fingerprint density at radius 3 is 2.57 bits per heavy atom. The van der Waals surface area contributed by atoms with Crippen LogP contribution in [0.25, 0.3) is 0 Å². The van der Waals surface area contributed by atoms with Crippen LogP contribution in [0.2, 0.25) is 5.15 Å². The molecule has 1 aliphatic heterocycles. The van der Waals surface area contributed by atoms with E-state index in [0.717, 1.165) is 24.3 Å². The molecule has 1 N–H and O–H groups in total. The van der Waals surface area contributed by atoms with Gasteiger partial charge in [-0.3, -0.25) is 4.79 Å². The standard InChI is InChI=1S/C21H22ClN5O/c1-15-19(20(22)27(25-15)14-16-7-3-2-4-8-16)21(28)24-18-10-9-17(13-23-18)26-11-5-6-12-26/h2-4,7-10,13H,5-6,11-12,14H2,1H3,(H,23,24,28). The van der Waals surface area contributed by atoms with Gasteiger partial charge in [-0.05, 0) is 37.5 Å². The minimum Gasteiger partial charge on any atom is -0.370 e. The lowest BCUT2D eigenvalue weighted by molar-refractivity contribution is 0.102. The molecule has 1 fully saturated rings. The van der Waals surface area contributed by atoms with Gasteiger partial charge in [-0.1, -0.05) is 41.9 Å². The third-order valence-corrected chi connectivity index (χ3v) is 5.31. The minimum absolute atomic E-state index is 0.303. The first-order chi connectivity index (χ1) is 13.6. The van der Waals surface area contributed by atoms with Crippen molar-refractivity contribution in [3.8, 4) is 0 Å². The summed E-state index contributed by atoms with van der Waals surface area (Å²) in [5.41, 5.74) is 3.12. The molecular formula is C21H22ClN5O. The number of aromatic nitrogens is 3. The van der Waals surface area contributed by atoms with Gasteiger partial charge in [0.2, 0.25) is 0 Å². The molecule has 0 spiro atoms. The van der Waals surface area contributed by atoms with Gasteiger partial charge in [0.05, 0.1) is 29.7 Å². The number of rotatable bonds is 5. The third-order valence-electron chi connectivity index (χ3n) is 4.93. The molecule has 1 amide bonds. The van der Waals surface area contributed by atoms with Crippen molar-refractivity contribution in [2.75, 3.05) is 23.3 Å². The quantitative estimate of drug-likeness (QED) is 0.705. The maximum absolute atomic E-state index is 12.8. The smallest absolute Gasteiger partial charge is 0.261 e. The van der Waals surface area contributed by atoms with E-state index >= 15 is 0 Å². The number of carbonyl (C=O) groups excluding carboxylic acids is 1. The van der Waals surface area contributed by atoms with E-state index in [0.29, 0.717) is 28.8 Å². The molecule has 1 aliphatic rings. The fourth-order valence-electron chi connectivity index (χ4n) is 3.47. The van der Waals surface area contributed by atoms with Crippen molar-refractivity contribution in [2.45, 2.75) is 26.3 Å². The number of amides is 1. The monoisotopic (exact) mass is 395 g/mol. The van der Waals surface area contributed by atoms with Crippen LogP contribution in [-0.2, 0) is 6.54 Å². The van der Waals surface area contributed by atoms with E-state index in [1.807, 2.05) is 42.5 Å². The normalized spacial score (nSPS) is 13.7. The fourth-order valence-corrected chi connectivity index (χ4v) is 3.79. The van der Waals surface area contributed by atoms with E-state index in [1.54, 1.807) is 17.8 Å². The maximum Gasteiger partial charge on any atom is 0.261 e. The lowest BCUT2D eigenvalue weighted by atomic mass is 10.2. The Morgan fingerprint density at radius 2 is 1.89 bits per heavy atom. The molecule has 3 heterocycles. The lowest BCUT2D eigenvalue weighted by Crippen LogP contribution is -2.18. The van der Waals surface area contributed by atoms with Crippen LogP contribution in [0, 0.1) is 6.92 Å². The summed E-state index contributed by atoms with van der Waals surface area (Å²) >= 11 is 6.46. The average Bonchev–Trinajstić information content (AvgIpc) is 3.32. The highest BCUT2D eigenvalue weighted by atomic mass is 35.5. The average molecular weight is 396 g/mol. The molecule has 7 heteroatoms. The number of halogens is 1. The molecule has 1 saturated heterocycles. The van der Waals surface area contributed by atoms with Gasteiger partial charge >= 0.3 is 0 Å². The first-order valence-electron chi connectivity index (χ1n) is 9.41. The molecule has 0 saturated carbocycles. The van der Waals surface area contributed by atoms with Crippen molar-refractivity contribution in [1.82, 2.24) is 14.8 Å². The van der Waals surface area contributed by atoms with Crippen molar-refractivity contribution in [3.05, 3.63) is 70.6 Å². The number of aryl methyl sites for hydroxylation is 1. The van der Waals surface area contributed by atoms with Gasteiger partial charge in [0, 0.05) is 13.1 Å². The SMILES string of the molecule is Cc1nn(Cc2ccccc2)c(Cl)c1C(=O)Nc1ccc(N2CCCC2)cn1. The van der Waals surface area contributed by atoms with Crippen LogP contribution in [0.1, 0.15) is 34.5 Å². The van der Waals surface area contributed by atoms with Crippen LogP contribution in [0.3, 0.4) is 0 Å². The van der Waals surface area contributed by atoms with E-state index < -0.39 is 0 Å². The summed E-state index contributed by atoms with van der Waals surface area (Å²) in [7, 11) is 0. The molecule has 1 aromatic carbocycles. The zero-order valence-corrected chi connectivity index (χ0v) is 16.5. The summed E-state index contributed by atoms with van der Waals surface area (Å²) in [6.45, 7) is 4.41. The van der Waals surface area contributed by atoms with Crippen LogP contribution in [0.4, 0.5) is 11.5 Å². The van der Waals surface area contributed by atoms with Crippen molar-refractivity contribution in [1.29, 1.82) is 0 Å². The van der Waals surface area contributed by atoms with Crippen LogP contribution >= 0.6 is 11.6 Å². The van der Waals surface area contributed by atoms with Crippen molar-refractivity contribution in [3.63, 3.8) is 0 Å². The molecular weight excluding hydrogens is 374 g/mol. The molecule has 0 radical (unpaired) electrons. The van der Waals surface area contributed by atoms with Crippen LogP contribution in [0.15, 0.2) is 48.7 Å². The lowest BCUT2D eigenvalue weighted by Gasteiger charge is -2.17. The van der Waals surface area contributed by atoms with Crippen molar-refractivity contribution < 1.29 is 4.79 Å². The molecule has 4 rings (SSSR count). The number of hydrogen-bond acceptors (Lipinski definition) is 4. The largest absolute Gasteiger partial charge is 0.370 e. The van der Waals surface area contributed by atoms with Gasteiger partial charge in [-0.2, -0.15) is 5.10 Å². The van der Waals surface area contributed by atoms with Crippen LogP contribution in [-0.4, -0.2) is 33.8 Å². The number of anilines is 2. The highest BCUT2D eigenvalue weighted by Gasteiger charge is 2.21. The molecule has 0 bridgehead atoms. The van der Waals surface area contributed by atoms with Gasteiger partial charge in [0.15, 0.2) is 0 Å². The number of benzene rings is 1. The molecule has 0 unspecified atom stereocenters. The van der Waals surface area contributed by atoms with Gasteiger partial charge < -0.3 is 10.2 Å².